The first-order valence-corrected chi connectivity index (χ1v) is 12.5. The van der Waals surface area contributed by atoms with Crippen LogP contribution in [0.4, 0.5) is 0 Å². The van der Waals surface area contributed by atoms with E-state index in [9.17, 15) is 4.79 Å². The fraction of sp³-hybridized carbons (Fsp3) is 0.240. The third kappa shape index (κ3) is 4.36. The number of carbonyl (C=O) groups is 1. The monoisotopic (exact) mass is 460 g/mol. The smallest absolute Gasteiger partial charge is 0.236 e. The molecule has 0 aliphatic carbocycles. The second kappa shape index (κ2) is 9.30. The molecule has 3 heterocycles. The molecule has 5 nitrogen and oxygen atoms in total. The Morgan fingerprint density at radius 3 is 2.59 bits per heavy atom. The van der Waals surface area contributed by atoms with Crippen LogP contribution < -0.4 is 0 Å². The molecular formula is C25H24N4OS2. The fourth-order valence-corrected chi connectivity index (χ4v) is 5.67. The van der Waals surface area contributed by atoms with Gasteiger partial charge in [0, 0.05) is 13.1 Å². The maximum absolute atomic E-state index is 13.3. The Hall–Kier alpha value is -2.90. The van der Waals surface area contributed by atoms with Gasteiger partial charge in [0.2, 0.25) is 5.91 Å². The highest BCUT2D eigenvalue weighted by Crippen LogP contribution is 2.31. The summed E-state index contributed by atoms with van der Waals surface area (Å²) in [7, 11) is 0. The van der Waals surface area contributed by atoms with Crippen LogP contribution in [0.2, 0.25) is 0 Å². The van der Waals surface area contributed by atoms with Crippen molar-refractivity contribution in [1.29, 1.82) is 0 Å². The highest BCUT2D eigenvalue weighted by atomic mass is 32.2. The molecule has 0 N–H and O–H groups in total. The topological polar surface area (TPSA) is 51.0 Å². The van der Waals surface area contributed by atoms with Crippen molar-refractivity contribution < 1.29 is 4.79 Å². The third-order valence-corrected chi connectivity index (χ3v) is 7.65. The molecule has 0 spiro atoms. The van der Waals surface area contributed by atoms with E-state index in [1.54, 1.807) is 11.3 Å². The molecule has 0 fully saturated rings. The van der Waals surface area contributed by atoms with Crippen molar-refractivity contribution in [3.8, 4) is 10.7 Å². The van der Waals surface area contributed by atoms with Crippen molar-refractivity contribution >= 4 is 29.0 Å². The van der Waals surface area contributed by atoms with E-state index >= 15 is 0 Å². The van der Waals surface area contributed by atoms with Crippen LogP contribution in [0.3, 0.4) is 0 Å². The van der Waals surface area contributed by atoms with E-state index in [4.69, 9.17) is 0 Å². The highest BCUT2D eigenvalue weighted by molar-refractivity contribution is 8.00. The van der Waals surface area contributed by atoms with Crippen LogP contribution in [0.15, 0.2) is 77.3 Å². The SMILES string of the molecule is C[C@H](Sc1nnc(-c2cccs2)n1Cc1ccccc1)C(=O)N1CCc2ccccc2C1. The number of amides is 1. The van der Waals surface area contributed by atoms with Crippen LogP contribution in [-0.4, -0.2) is 37.4 Å². The number of aromatic nitrogens is 3. The van der Waals surface area contributed by atoms with Crippen molar-refractivity contribution in [3.63, 3.8) is 0 Å². The van der Waals surface area contributed by atoms with Crippen molar-refractivity contribution in [1.82, 2.24) is 19.7 Å². The minimum absolute atomic E-state index is 0.149. The van der Waals surface area contributed by atoms with Crippen LogP contribution in [0.25, 0.3) is 10.7 Å². The molecule has 0 unspecified atom stereocenters. The largest absolute Gasteiger partial charge is 0.337 e. The third-order valence-electron chi connectivity index (χ3n) is 5.71. The van der Waals surface area contributed by atoms with Crippen molar-refractivity contribution in [2.75, 3.05) is 6.54 Å². The zero-order valence-electron chi connectivity index (χ0n) is 17.8. The normalized spacial score (nSPS) is 14.2. The quantitative estimate of drug-likeness (QED) is 0.375. The lowest BCUT2D eigenvalue weighted by Crippen LogP contribution is -2.40. The molecule has 4 aromatic rings. The molecule has 2 aromatic heterocycles. The second-order valence-corrected chi connectivity index (χ2v) is 10.1. The number of nitrogens with zero attached hydrogens (tertiary/aromatic N) is 4. The number of hydrogen-bond donors (Lipinski definition) is 0. The maximum atomic E-state index is 13.3. The Morgan fingerprint density at radius 2 is 1.81 bits per heavy atom. The van der Waals surface area contributed by atoms with E-state index in [0.717, 1.165) is 28.8 Å². The van der Waals surface area contributed by atoms with Gasteiger partial charge in [0.05, 0.1) is 16.7 Å². The predicted molar refractivity (Wildman–Crippen MR) is 130 cm³/mol. The van der Waals surface area contributed by atoms with Gasteiger partial charge < -0.3 is 4.90 Å². The van der Waals surface area contributed by atoms with Gasteiger partial charge in [0.1, 0.15) is 0 Å². The Morgan fingerprint density at radius 1 is 1.03 bits per heavy atom. The number of thioether (sulfide) groups is 1. The summed E-state index contributed by atoms with van der Waals surface area (Å²) in [6, 6.07) is 22.8. The summed E-state index contributed by atoms with van der Waals surface area (Å²) < 4.78 is 2.13. The summed E-state index contributed by atoms with van der Waals surface area (Å²) in [4.78, 5) is 16.3. The molecule has 1 atom stereocenters. The van der Waals surface area contributed by atoms with Gasteiger partial charge in [-0.2, -0.15) is 0 Å². The van der Waals surface area contributed by atoms with Crippen molar-refractivity contribution in [3.05, 3.63) is 88.8 Å². The summed E-state index contributed by atoms with van der Waals surface area (Å²) in [5, 5.41) is 11.5. The van der Waals surface area contributed by atoms with Gasteiger partial charge in [-0.25, -0.2) is 0 Å². The number of rotatable bonds is 6. The lowest BCUT2D eigenvalue weighted by Gasteiger charge is -2.30. The molecule has 0 saturated carbocycles. The first-order valence-electron chi connectivity index (χ1n) is 10.7. The van der Waals surface area contributed by atoms with Crippen molar-refractivity contribution in [2.24, 2.45) is 0 Å². The molecule has 1 amide bonds. The molecule has 0 radical (unpaired) electrons. The van der Waals surface area contributed by atoms with Gasteiger partial charge in [0.15, 0.2) is 11.0 Å². The van der Waals surface area contributed by atoms with Gasteiger partial charge in [0.25, 0.3) is 0 Å². The summed E-state index contributed by atoms with van der Waals surface area (Å²) in [6.07, 6.45) is 0.909. The van der Waals surface area contributed by atoms with Gasteiger partial charge in [-0.05, 0) is 41.5 Å². The molecular weight excluding hydrogens is 436 g/mol. The minimum atomic E-state index is -0.241. The van der Waals surface area contributed by atoms with E-state index in [1.807, 2.05) is 47.5 Å². The minimum Gasteiger partial charge on any atom is -0.337 e. The Bertz CT molecular complexity index is 1200. The van der Waals surface area contributed by atoms with Crippen LogP contribution >= 0.6 is 23.1 Å². The summed E-state index contributed by atoms with van der Waals surface area (Å²) >= 11 is 3.14. The molecule has 0 saturated heterocycles. The maximum Gasteiger partial charge on any atom is 0.236 e. The zero-order chi connectivity index (χ0) is 21.9. The van der Waals surface area contributed by atoms with Gasteiger partial charge >= 0.3 is 0 Å². The van der Waals surface area contributed by atoms with Crippen LogP contribution in [0, 0.1) is 0 Å². The Kier molecular flexibility index (Phi) is 6.10. The van der Waals surface area contributed by atoms with E-state index in [1.165, 1.54) is 28.5 Å². The lowest BCUT2D eigenvalue weighted by atomic mass is 10.00. The van der Waals surface area contributed by atoms with E-state index < -0.39 is 0 Å². The van der Waals surface area contributed by atoms with E-state index in [0.29, 0.717) is 13.1 Å². The molecule has 1 aliphatic heterocycles. The fourth-order valence-electron chi connectivity index (χ4n) is 4.02. The molecule has 1 aliphatic rings. The zero-order valence-corrected chi connectivity index (χ0v) is 19.5. The standard InChI is InChI=1S/C25H24N4OS2/c1-18(24(30)28-14-13-20-10-5-6-11-21(20)17-28)32-25-27-26-23(22-12-7-15-31-22)29(25)16-19-8-3-2-4-9-19/h2-12,15,18H,13-14,16-17H2,1H3/t18-/m0/s1. The predicted octanol–water partition coefficient (Wildman–Crippen LogP) is 5.12. The van der Waals surface area contributed by atoms with E-state index in [2.05, 4.69) is 51.2 Å². The number of hydrogen-bond acceptors (Lipinski definition) is 5. The Balaban J connectivity index is 1.37. The molecule has 2 aromatic carbocycles. The lowest BCUT2D eigenvalue weighted by molar-refractivity contribution is -0.131. The van der Waals surface area contributed by atoms with Gasteiger partial charge in [-0.15, -0.1) is 21.5 Å². The first kappa shape index (κ1) is 21.0. The average molecular weight is 461 g/mol. The number of fused-ring (bicyclic) bond motifs is 1. The molecule has 162 valence electrons. The highest BCUT2D eigenvalue weighted by Gasteiger charge is 2.27. The van der Waals surface area contributed by atoms with Gasteiger partial charge in [-0.3, -0.25) is 9.36 Å². The first-order chi connectivity index (χ1) is 15.7. The Labute approximate surface area is 196 Å². The van der Waals surface area contributed by atoms with Gasteiger partial charge in [-0.1, -0.05) is 72.4 Å². The summed E-state index contributed by atoms with van der Waals surface area (Å²) in [6.45, 7) is 4.08. The van der Waals surface area contributed by atoms with Crippen LogP contribution in [0.5, 0.6) is 0 Å². The molecule has 32 heavy (non-hydrogen) atoms. The molecule has 0 bridgehead atoms. The summed E-state index contributed by atoms with van der Waals surface area (Å²) in [5.41, 5.74) is 3.77. The van der Waals surface area contributed by atoms with E-state index in [-0.39, 0.29) is 11.2 Å². The summed E-state index contributed by atoms with van der Waals surface area (Å²) in [5.74, 6) is 0.995. The number of benzene rings is 2. The number of carbonyl (C=O) groups excluding carboxylic acids is 1. The molecule has 5 rings (SSSR count). The second-order valence-electron chi connectivity index (χ2n) is 7.89. The molecule has 7 heteroatoms. The van der Waals surface area contributed by atoms with Crippen molar-refractivity contribution in [2.45, 2.75) is 36.8 Å². The van der Waals surface area contributed by atoms with Crippen LogP contribution in [-0.2, 0) is 24.3 Å². The average Bonchev–Trinajstić information content (AvgIpc) is 3.49. The number of thiophene rings is 1. The van der Waals surface area contributed by atoms with Crippen LogP contribution in [0.1, 0.15) is 23.6 Å².